The van der Waals surface area contributed by atoms with Crippen LogP contribution < -0.4 is 15.1 Å². The molecule has 26 heavy (non-hydrogen) atoms. The van der Waals surface area contributed by atoms with Crippen LogP contribution in [0.5, 0.6) is 11.5 Å². The van der Waals surface area contributed by atoms with Gasteiger partial charge < -0.3 is 19.5 Å². The summed E-state index contributed by atoms with van der Waals surface area (Å²) in [5.74, 6) is 0.150. The quantitative estimate of drug-likeness (QED) is 0.584. The van der Waals surface area contributed by atoms with Crippen LogP contribution in [0.3, 0.4) is 0 Å². The Morgan fingerprint density at radius 3 is 3.08 bits per heavy atom. The molecule has 2 aromatic rings. The zero-order chi connectivity index (χ0) is 18.4. The topological polar surface area (TPSA) is 96.3 Å². The maximum Gasteiger partial charge on any atom is 0.246 e. The third-order valence-electron chi connectivity index (χ3n) is 3.77. The number of benzene rings is 1. The van der Waals surface area contributed by atoms with Crippen molar-refractivity contribution in [2.45, 2.75) is 6.42 Å². The Balaban J connectivity index is 1.52. The zero-order valence-corrected chi connectivity index (χ0v) is 15.2. The van der Waals surface area contributed by atoms with E-state index in [0.29, 0.717) is 24.5 Å². The molecule has 0 unspecified atom stereocenters. The smallest absolute Gasteiger partial charge is 0.246 e. The minimum atomic E-state index is -0.245. The van der Waals surface area contributed by atoms with Gasteiger partial charge in [-0.05, 0) is 23.8 Å². The van der Waals surface area contributed by atoms with Gasteiger partial charge in [-0.1, -0.05) is 0 Å². The van der Waals surface area contributed by atoms with Crippen molar-refractivity contribution < 1.29 is 19.4 Å². The van der Waals surface area contributed by atoms with E-state index >= 15 is 0 Å². The fraction of sp³-hybridized carbons (Fsp3) is 0.353. The summed E-state index contributed by atoms with van der Waals surface area (Å²) < 4.78 is 10.4. The van der Waals surface area contributed by atoms with Crippen LogP contribution in [0.4, 0.5) is 5.13 Å². The molecule has 0 radical (unpaired) electrons. The number of phenolic OH excluding ortho intramolecular Hbond substituents is 1. The molecule has 2 heterocycles. The van der Waals surface area contributed by atoms with E-state index < -0.39 is 0 Å². The van der Waals surface area contributed by atoms with Crippen LogP contribution in [0.1, 0.15) is 11.3 Å². The number of carbonyl (C=O) groups is 1. The van der Waals surface area contributed by atoms with E-state index in [2.05, 4.69) is 20.4 Å². The highest BCUT2D eigenvalue weighted by atomic mass is 32.1. The second kappa shape index (κ2) is 8.63. The molecule has 0 bridgehead atoms. The zero-order valence-electron chi connectivity index (χ0n) is 14.3. The van der Waals surface area contributed by atoms with E-state index in [1.807, 2.05) is 5.38 Å². The molecule has 1 saturated heterocycles. The van der Waals surface area contributed by atoms with Crippen molar-refractivity contribution in [1.29, 1.82) is 0 Å². The first-order valence-electron chi connectivity index (χ1n) is 8.11. The van der Waals surface area contributed by atoms with E-state index in [1.165, 1.54) is 30.7 Å². The number of carbonyl (C=O) groups excluding carboxylic acids is 1. The Morgan fingerprint density at radius 1 is 1.50 bits per heavy atom. The lowest BCUT2D eigenvalue weighted by atomic mass is 10.2. The minimum absolute atomic E-state index is 0.0493. The molecule has 0 atom stereocenters. The highest BCUT2D eigenvalue weighted by Gasteiger charge is 2.15. The van der Waals surface area contributed by atoms with Gasteiger partial charge >= 0.3 is 0 Å². The molecule has 0 spiro atoms. The first kappa shape index (κ1) is 18.2. The summed E-state index contributed by atoms with van der Waals surface area (Å²) in [6, 6.07) is 4.80. The SMILES string of the molecule is COc1cc(/C=N/NC(=O)Cc2csc(N3CCOCC3)n2)ccc1O. The van der Waals surface area contributed by atoms with Gasteiger partial charge in [0.1, 0.15) is 0 Å². The van der Waals surface area contributed by atoms with Crippen LogP contribution in [0.25, 0.3) is 0 Å². The van der Waals surface area contributed by atoms with Gasteiger partial charge in [-0.15, -0.1) is 11.3 Å². The second-order valence-electron chi connectivity index (χ2n) is 5.62. The van der Waals surface area contributed by atoms with Crippen molar-refractivity contribution >= 4 is 28.6 Å². The number of hydrazone groups is 1. The number of nitrogens with one attached hydrogen (secondary N) is 1. The van der Waals surface area contributed by atoms with E-state index in [4.69, 9.17) is 9.47 Å². The van der Waals surface area contributed by atoms with Crippen molar-refractivity contribution in [3.05, 3.63) is 34.8 Å². The Hall–Kier alpha value is -2.65. The highest BCUT2D eigenvalue weighted by Crippen LogP contribution is 2.25. The Morgan fingerprint density at radius 2 is 2.31 bits per heavy atom. The van der Waals surface area contributed by atoms with Crippen molar-refractivity contribution in [3.63, 3.8) is 0 Å². The number of aromatic hydroxyl groups is 1. The van der Waals surface area contributed by atoms with Crippen molar-refractivity contribution in [1.82, 2.24) is 10.4 Å². The monoisotopic (exact) mass is 376 g/mol. The minimum Gasteiger partial charge on any atom is -0.504 e. The molecule has 138 valence electrons. The summed E-state index contributed by atoms with van der Waals surface area (Å²) in [5.41, 5.74) is 3.89. The van der Waals surface area contributed by atoms with Gasteiger partial charge in [0.25, 0.3) is 0 Å². The molecule has 1 aromatic heterocycles. The number of aromatic nitrogens is 1. The molecule has 8 nitrogen and oxygen atoms in total. The van der Waals surface area contributed by atoms with Crippen molar-refractivity contribution in [2.75, 3.05) is 38.3 Å². The normalized spacial score (nSPS) is 14.6. The van der Waals surface area contributed by atoms with Crippen LogP contribution >= 0.6 is 11.3 Å². The lowest BCUT2D eigenvalue weighted by molar-refractivity contribution is -0.120. The van der Waals surface area contributed by atoms with Gasteiger partial charge in [-0.3, -0.25) is 4.79 Å². The molecule has 1 amide bonds. The maximum atomic E-state index is 12.0. The largest absolute Gasteiger partial charge is 0.504 e. The summed E-state index contributed by atoms with van der Waals surface area (Å²) in [4.78, 5) is 18.7. The van der Waals surface area contributed by atoms with E-state index in [-0.39, 0.29) is 18.1 Å². The molecule has 2 N–H and O–H groups in total. The highest BCUT2D eigenvalue weighted by molar-refractivity contribution is 7.13. The second-order valence-corrected chi connectivity index (χ2v) is 6.46. The number of amides is 1. The molecule has 0 saturated carbocycles. The number of rotatable bonds is 6. The van der Waals surface area contributed by atoms with Crippen LogP contribution in [-0.2, 0) is 16.0 Å². The van der Waals surface area contributed by atoms with Crippen molar-refractivity contribution in [2.24, 2.45) is 5.10 Å². The van der Waals surface area contributed by atoms with Crippen LogP contribution in [0.2, 0.25) is 0 Å². The number of phenols is 1. The number of anilines is 1. The number of hydrogen-bond acceptors (Lipinski definition) is 8. The summed E-state index contributed by atoms with van der Waals surface area (Å²) in [6.45, 7) is 3.04. The van der Waals surface area contributed by atoms with E-state index in [1.54, 1.807) is 12.1 Å². The predicted molar refractivity (Wildman–Crippen MR) is 99.2 cm³/mol. The molecule has 9 heteroatoms. The number of nitrogens with zero attached hydrogens (tertiary/aromatic N) is 3. The van der Waals surface area contributed by atoms with E-state index in [9.17, 15) is 9.90 Å². The third-order valence-corrected chi connectivity index (χ3v) is 4.72. The summed E-state index contributed by atoms with van der Waals surface area (Å²) in [6.07, 6.45) is 1.65. The molecule has 3 rings (SSSR count). The lowest BCUT2D eigenvalue weighted by Crippen LogP contribution is -2.36. The average Bonchev–Trinajstić information content (AvgIpc) is 3.12. The fourth-order valence-electron chi connectivity index (χ4n) is 2.43. The number of morpholine rings is 1. The average molecular weight is 376 g/mol. The Bertz CT molecular complexity index is 787. The fourth-order valence-corrected chi connectivity index (χ4v) is 3.31. The van der Waals surface area contributed by atoms with Gasteiger partial charge in [0, 0.05) is 18.5 Å². The summed E-state index contributed by atoms with van der Waals surface area (Å²) in [5, 5.41) is 16.3. The summed E-state index contributed by atoms with van der Waals surface area (Å²) in [7, 11) is 1.47. The number of thiazole rings is 1. The van der Waals surface area contributed by atoms with Crippen LogP contribution in [0, 0.1) is 0 Å². The Kier molecular flexibility index (Phi) is 6.03. The van der Waals surface area contributed by atoms with Gasteiger partial charge in [0.15, 0.2) is 16.6 Å². The molecular formula is C17H20N4O4S. The van der Waals surface area contributed by atoms with Gasteiger partial charge in [-0.25, -0.2) is 10.4 Å². The predicted octanol–water partition coefficient (Wildman–Crippen LogP) is 1.39. The molecule has 1 aromatic carbocycles. The molecular weight excluding hydrogens is 356 g/mol. The van der Waals surface area contributed by atoms with Gasteiger partial charge in [-0.2, -0.15) is 5.10 Å². The Labute approximate surface area is 155 Å². The molecule has 0 aliphatic carbocycles. The van der Waals surface area contributed by atoms with Crippen molar-refractivity contribution in [3.8, 4) is 11.5 Å². The number of ether oxygens (including phenoxy) is 2. The first-order valence-corrected chi connectivity index (χ1v) is 8.99. The van der Waals surface area contributed by atoms with Gasteiger partial charge in [0.2, 0.25) is 5.91 Å². The van der Waals surface area contributed by atoms with E-state index in [0.717, 1.165) is 23.9 Å². The lowest BCUT2D eigenvalue weighted by Gasteiger charge is -2.26. The number of methoxy groups -OCH3 is 1. The third kappa shape index (κ3) is 4.70. The summed E-state index contributed by atoms with van der Waals surface area (Å²) >= 11 is 1.53. The molecule has 1 aliphatic heterocycles. The van der Waals surface area contributed by atoms with Crippen LogP contribution in [0.15, 0.2) is 28.7 Å². The molecule has 1 fully saturated rings. The van der Waals surface area contributed by atoms with Crippen LogP contribution in [-0.4, -0.2) is 55.6 Å². The maximum absolute atomic E-state index is 12.0. The standard InChI is InChI=1S/C17H20N4O4S/c1-24-15-8-12(2-3-14(15)22)10-18-20-16(23)9-13-11-26-17(19-13)21-4-6-25-7-5-21/h2-3,8,10-11,22H,4-7,9H2,1H3,(H,20,23)/b18-10+. The van der Waals surface area contributed by atoms with Gasteiger partial charge in [0.05, 0.1) is 38.7 Å². The number of hydrogen-bond donors (Lipinski definition) is 2. The first-order chi connectivity index (χ1) is 12.7. The molecule has 1 aliphatic rings.